The molecular weight excluding hydrogens is 288 g/mol. The lowest BCUT2D eigenvalue weighted by Gasteiger charge is -2.21. The summed E-state index contributed by atoms with van der Waals surface area (Å²) in [6.07, 6.45) is 3.05. The van der Waals surface area contributed by atoms with Crippen LogP contribution < -0.4 is 4.74 Å². The van der Waals surface area contributed by atoms with E-state index in [0.717, 1.165) is 41.4 Å². The maximum Gasteiger partial charge on any atom is 0.128 e. The molecule has 2 atom stereocenters. The number of hydrogen-bond acceptors (Lipinski definition) is 3. The Balaban J connectivity index is 1.79. The van der Waals surface area contributed by atoms with E-state index >= 15 is 0 Å². The van der Waals surface area contributed by atoms with Crippen molar-refractivity contribution in [2.24, 2.45) is 0 Å². The van der Waals surface area contributed by atoms with Crippen LogP contribution in [0.5, 0.6) is 5.75 Å². The predicted molar refractivity (Wildman–Crippen MR) is 92.4 cm³/mol. The number of benzene rings is 1. The van der Waals surface area contributed by atoms with Gasteiger partial charge in [-0.1, -0.05) is 6.07 Å². The summed E-state index contributed by atoms with van der Waals surface area (Å²) >= 11 is 0. The van der Waals surface area contributed by atoms with Crippen LogP contribution in [-0.2, 0) is 11.2 Å². The standard InChI is InChI=1S/C19H26N2O2/c1-21-9-4-5-14(21)11-15-18-16(6-3-7-17(18)22-2)20-19(15)13-8-10-23-12-13/h3,6-7,13-14,20H,4-5,8-12H2,1-2H3/t13-,14-/m1/s1/i1D3,2D3. The molecule has 124 valence electrons. The highest BCUT2D eigenvalue weighted by molar-refractivity contribution is 5.91. The summed E-state index contributed by atoms with van der Waals surface area (Å²) in [6.45, 7) is -0.308. The van der Waals surface area contributed by atoms with Gasteiger partial charge in [0.25, 0.3) is 0 Å². The Kier molecular flexibility index (Phi) is 2.60. The van der Waals surface area contributed by atoms with Gasteiger partial charge in [0.2, 0.25) is 0 Å². The van der Waals surface area contributed by atoms with Crippen LogP contribution in [0.25, 0.3) is 10.9 Å². The fourth-order valence-electron chi connectivity index (χ4n) is 3.99. The van der Waals surface area contributed by atoms with Crippen LogP contribution in [-0.4, -0.2) is 49.7 Å². The van der Waals surface area contributed by atoms with E-state index in [1.807, 2.05) is 6.07 Å². The van der Waals surface area contributed by atoms with Crippen LogP contribution in [0.15, 0.2) is 18.2 Å². The third kappa shape index (κ3) is 2.64. The molecule has 0 spiro atoms. The van der Waals surface area contributed by atoms with Gasteiger partial charge in [-0.25, -0.2) is 0 Å². The number of likely N-dealkylation sites (N-methyl/N-ethyl adjacent to an activating group) is 1. The van der Waals surface area contributed by atoms with E-state index in [2.05, 4.69) is 4.98 Å². The van der Waals surface area contributed by atoms with Gasteiger partial charge in [-0.2, -0.15) is 0 Å². The molecule has 3 heterocycles. The molecular formula is C19H26N2O2. The van der Waals surface area contributed by atoms with Crippen LogP contribution in [0.1, 0.15) is 44.7 Å². The number of H-pyrrole nitrogens is 1. The summed E-state index contributed by atoms with van der Waals surface area (Å²) in [5.41, 5.74) is 2.77. The molecule has 2 saturated heterocycles. The highest BCUT2D eigenvalue weighted by Gasteiger charge is 2.29. The Morgan fingerprint density at radius 1 is 1.43 bits per heavy atom. The quantitative estimate of drug-likeness (QED) is 0.939. The second-order valence-corrected chi connectivity index (χ2v) is 6.55. The minimum Gasteiger partial charge on any atom is -0.496 e. The zero-order valence-electron chi connectivity index (χ0n) is 19.1. The first-order valence-corrected chi connectivity index (χ1v) is 8.30. The smallest absolute Gasteiger partial charge is 0.128 e. The van der Waals surface area contributed by atoms with E-state index in [1.165, 1.54) is 0 Å². The lowest BCUT2D eigenvalue weighted by atomic mass is 9.94. The highest BCUT2D eigenvalue weighted by Crippen LogP contribution is 2.38. The third-order valence-corrected chi connectivity index (χ3v) is 5.19. The van der Waals surface area contributed by atoms with Crippen molar-refractivity contribution in [3.63, 3.8) is 0 Å². The van der Waals surface area contributed by atoms with E-state index in [1.54, 1.807) is 17.0 Å². The SMILES string of the molecule is [2H]C([2H])([2H])Oc1cccc2[nH]c([C@@H]3CCOC3)c(C[C@H]3CCCN3C([2H])([2H])[2H])c12. The molecule has 0 bridgehead atoms. The average Bonchev–Trinajstić information content (AvgIpc) is 3.32. The molecule has 1 aromatic heterocycles. The van der Waals surface area contributed by atoms with E-state index in [-0.39, 0.29) is 12.0 Å². The molecule has 2 aliphatic rings. The zero-order valence-corrected chi connectivity index (χ0v) is 13.1. The number of hydrogen-bond donors (Lipinski definition) is 1. The lowest BCUT2D eigenvalue weighted by molar-refractivity contribution is 0.193. The van der Waals surface area contributed by atoms with Gasteiger partial charge in [-0.05, 0) is 56.9 Å². The Hall–Kier alpha value is -1.52. The number of ether oxygens (including phenoxy) is 2. The first kappa shape index (κ1) is 9.70. The number of aromatic amines is 1. The van der Waals surface area contributed by atoms with Crippen LogP contribution in [0.4, 0.5) is 0 Å². The molecule has 0 aliphatic carbocycles. The van der Waals surface area contributed by atoms with Crippen molar-refractivity contribution in [3.8, 4) is 5.75 Å². The normalized spacial score (nSPS) is 30.4. The Labute approximate surface area is 146 Å². The van der Waals surface area contributed by atoms with Gasteiger partial charge >= 0.3 is 0 Å². The third-order valence-electron chi connectivity index (χ3n) is 5.19. The summed E-state index contributed by atoms with van der Waals surface area (Å²) < 4.78 is 57.1. The van der Waals surface area contributed by atoms with Gasteiger partial charge in [0.1, 0.15) is 5.75 Å². The number of aromatic nitrogens is 1. The Morgan fingerprint density at radius 3 is 3.26 bits per heavy atom. The molecule has 0 unspecified atom stereocenters. The molecule has 2 aromatic rings. The lowest BCUT2D eigenvalue weighted by Crippen LogP contribution is -2.27. The van der Waals surface area contributed by atoms with Crippen LogP contribution in [0.2, 0.25) is 0 Å². The monoisotopic (exact) mass is 320 g/mol. The van der Waals surface area contributed by atoms with Gasteiger partial charge in [-0.15, -0.1) is 0 Å². The molecule has 1 aromatic carbocycles. The first-order chi connectivity index (χ1) is 13.6. The maximum atomic E-state index is 7.86. The molecule has 2 aliphatic heterocycles. The second-order valence-electron chi connectivity index (χ2n) is 6.55. The number of nitrogens with zero attached hydrogens (tertiary/aromatic N) is 1. The summed E-state index contributed by atoms with van der Waals surface area (Å²) in [5.74, 6) is 0.484. The highest BCUT2D eigenvalue weighted by atomic mass is 16.5. The average molecular weight is 320 g/mol. The van der Waals surface area contributed by atoms with E-state index in [9.17, 15) is 0 Å². The molecule has 4 rings (SSSR count). The van der Waals surface area contributed by atoms with Crippen molar-refractivity contribution in [2.45, 2.75) is 37.6 Å². The van der Waals surface area contributed by atoms with Crippen molar-refractivity contribution in [1.29, 1.82) is 0 Å². The summed E-state index contributed by atoms with van der Waals surface area (Å²) in [5, 5.41) is 0.739. The zero-order chi connectivity index (χ0) is 20.8. The number of methoxy groups -OCH3 is 1. The number of likely N-dealkylation sites (tertiary alicyclic amines) is 1. The van der Waals surface area contributed by atoms with Gasteiger partial charge < -0.3 is 19.4 Å². The molecule has 23 heavy (non-hydrogen) atoms. The number of nitrogens with one attached hydrogen (secondary N) is 1. The molecule has 2 fully saturated rings. The summed E-state index contributed by atoms with van der Waals surface area (Å²) in [4.78, 5) is 5.05. The van der Waals surface area contributed by atoms with Crippen molar-refractivity contribution in [2.75, 3.05) is 33.8 Å². The Bertz CT molecular complexity index is 870. The van der Waals surface area contributed by atoms with Crippen molar-refractivity contribution >= 4 is 10.9 Å². The van der Waals surface area contributed by atoms with Crippen molar-refractivity contribution < 1.29 is 17.7 Å². The predicted octanol–water partition coefficient (Wildman–Crippen LogP) is 3.32. The van der Waals surface area contributed by atoms with Gasteiger partial charge in [0.05, 0.1) is 17.8 Å². The van der Waals surface area contributed by atoms with Crippen LogP contribution >= 0.6 is 0 Å². The van der Waals surface area contributed by atoms with Crippen molar-refractivity contribution in [1.82, 2.24) is 9.88 Å². The largest absolute Gasteiger partial charge is 0.496 e. The Morgan fingerprint density at radius 2 is 2.43 bits per heavy atom. The fraction of sp³-hybridized carbons (Fsp3) is 0.579. The van der Waals surface area contributed by atoms with Crippen molar-refractivity contribution in [3.05, 3.63) is 29.5 Å². The topological polar surface area (TPSA) is 37.5 Å². The molecule has 0 radical (unpaired) electrons. The van der Waals surface area contributed by atoms with Gasteiger partial charge in [0.15, 0.2) is 0 Å². The molecule has 4 heteroatoms. The molecule has 0 saturated carbocycles. The van der Waals surface area contributed by atoms with E-state index in [0.29, 0.717) is 31.9 Å². The molecule has 1 N–H and O–H groups in total. The minimum atomic E-state index is -2.56. The fourth-order valence-corrected chi connectivity index (χ4v) is 3.99. The number of fused-ring (bicyclic) bond motifs is 1. The minimum absolute atomic E-state index is 0.122. The molecule has 4 nitrogen and oxygen atoms in total. The number of rotatable bonds is 4. The van der Waals surface area contributed by atoms with Gasteiger partial charge in [0, 0.05) is 39.3 Å². The maximum absolute atomic E-state index is 7.86. The van der Waals surface area contributed by atoms with Gasteiger partial charge in [-0.3, -0.25) is 0 Å². The first-order valence-electron chi connectivity index (χ1n) is 11.3. The second kappa shape index (κ2) is 6.17. The van der Waals surface area contributed by atoms with E-state index in [4.69, 9.17) is 17.7 Å². The summed E-state index contributed by atoms with van der Waals surface area (Å²) in [6, 6.07) is 5.21. The summed E-state index contributed by atoms with van der Waals surface area (Å²) in [7, 11) is -2.56. The molecule has 0 amide bonds. The van der Waals surface area contributed by atoms with Crippen LogP contribution in [0.3, 0.4) is 0 Å². The van der Waals surface area contributed by atoms with E-state index < -0.39 is 14.0 Å². The van der Waals surface area contributed by atoms with Crippen LogP contribution in [0, 0.1) is 0 Å².